The minimum absolute atomic E-state index is 0.154. The molecule has 0 bridgehead atoms. The third-order valence-corrected chi connectivity index (χ3v) is 5.57. The number of aromatic nitrogens is 3. The van der Waals surface area contributed by atoms with Gasteiger partial charge in [0.2, 0.25) is 0 Å². The van der Waals surface area contributed by atoms with Crippen LogP contribution in [0, 0.1) is 19.7 Å². The van der Waals surface area contributed by atoms with Crippen molar-refractivity contribution in [2.75, 3.05) is 20.1 Å². The smallest absolute Gasteiger partial charge is 0.269 e. The second-order valence-electron chi connectivity index (χ2n) is 7.80. The van der Waals surface area contributed by atoms with Gasteiger partial charge < -0.3 is 10.3 Å². The maximum absolute atomic E-state index is 15.0. The highest BCUT2D eigenvalue weighted by atomic mass is 19.1. The fraction of sp³-hybridized carbons (Fsp3) is 0.304. The Morgan fingerprint density at radius 3 is 2.77 bits per heavy atom. The summed E-state index contributed by atoms with van der Waals surface area (Å²) in [7, 11) is 1.58. The molecule has 0 atom stereocenters. The van der Waals surface area contributed by atoms with E-state index in [1.54, 1.807) is 32.2 Å². The van der Waals surface area contributed by atoms with Crippen molar-refractivity contribution in [2.45, 2.75) is 26.8 Å². The molecule has 2 aromatic heterocycles. The summed E-state index contributed by atoms with van der Waals surface area (Å²) in [6, 6.07) is 7.09. The van der Waals surface area contributed by atoms with Crippen molar-refractivity contribution in [3.8, 4) is 0 Å². The highest BCUT2D eigenvalue weighted by molar-refractivity contribution is 5.92. The Labute approximate surface area is 179 Å². The number of rotatable bonds is 4. The summed E-state index contributed by atoms with van der Waals surface area (Å²) < 4.78 is 15.0. The molecule has 1 aliphatic heterocycles. The number of likely N-dealkylation sites (tertiary alicyclic amines) is 1. The van der Waals surface area contributed by atoms with Crippen molar-refractivity contribution in [1.29, 1.82) is 0 Å². The van der Waals surface area contributed by atoms with Crippen LogP contribution < -0.4 is 10.9 Å². The van der Waals surface area contributed by atoms with Crippen LogP contribution in [0.3, 0.4) is 0 Å². The largest absolute Gasteiger partial charge is 0.354 e. The van der Waals surface area contributed by atoms with E-state index < -0.39 is 5.82 Å². The molecule has 3 heterocycles. The van der Waals surface area contributed by atoms with E-state index in [9.17, 15) is 14.0 Å². The van der Waals surface area contributed by atoms with Gasteiger partial charge in [0.1, 0.15) is 16.9 Å². The van der Waals surface area contributed by atoms with Gasteiger partial charge in [0.15, 0.2) is 5.82 Å². The molecule has 1 saturated heterocycles. The van der Waals surface area contributed by atoms with Crippen molar-refractivity contribution in [3.63, 3.8) is 0 Å². The Morgan fingerprint density at radius 2 is 2.03 bits per heavy atom. The first-order valence-electron chi connectivity index (χ1n) is 10.1. The molecule has 160 valence electrons. The van der Waals surface area contributed by atoms with Crippen molar-refractivity contribution >= 4 is 23.0 Å². The summed E-state index contributed by atoms with van der Waals surface area (Å²) in [5.41, 5.74) is 4.46. The molecule has 3 aromatic rings. The fourth-order valence-corrected chi connectivity index (χ4v) is 3.82. The van der Waals surface area contributed by atoms with Crippen LogP contribution in [-0.4, -0.2) is 45.9 Å². The second kappa shape index (κ2) is 8.39. The van der Waals surface area contributed by atoms with Crippen molar-refractivity contribution in [3.05, 3.63) is 74.2 Å². The molecule has 0 unspecified atom stereocenters. The Hall–Kier alpha value is -3.39. The quantitative estimate of drug-likeness (QED) is 0.676. The lowest BCUT2D eigenvalue weighted by Gasteiger charge is -2.15. The predicted molar refractivity (Wildman–Crippen MR) is 117 cm³/mol. The maximum atomic E-state index is 15.0. The molecule has 7 nitrogen and oxygen atoms in total. The molecule has 1 fully saturated rings. The summed E-state index contributed by atoms with van der Waals surface area (Å²) in [6.07, 6.45) is 2.97. The molecule has 2 N–H and O–H groups in total. The summed E-state index contributed by atoms with van der Waals surface area (Å²) in [5.74, 6) is -0.636. The number of halogens is 1. The minimum atomic E-state index is -0.427. The van der Waals surface area contributed by atoms with Gasteiger partial charge >= 0.3 is 0 Å². The van der Waals surface area contributed by atoms with Crippen LogP contribution in [0.5, 0.6) is 0 Å². The zero-order valence-corrected chi connectivity index (χ0v) is 17.8. The molecule has 0 aliphatic carbocycles. The van der Waals surface area contributed by atoms with Crippen LogP contribution in [0.15, 0.2) is 34.6 Å². The van der Waals surface area contributed by atoms with Crippen molar-refractivity contribution < 1.29 is 9.18 Å². The van der Waals surface area contributed by atoms with E-state index in [2.05, 4.69) is 31.2 Å². The lowest BCUT2D eigenvalue weighted by Crippen LogP contribution is -2.20. The topological polar surface area (TPSA) is 91.0 Å². The molecule has 0 saturated carbocycles. The van der Waals surface area contributed by atoms with E-state index in [0.29, 0.717) is 29.0 Å². The first-order chi connectivity index (χ1) is 14.9. The van der Waals surface area contributed by atoms with E-state index in [1.807, 2.05) is 13.0 Å². The van der Waals surface area contributed by atoms with E-state index in [4.69, 9.17) is 0 Å². The number of nitrogens with zero attached hydrogens (tertiary/aromatic N) is 3. The van der Waals surface area contributed by atoms with Crippen LogP contribution in [0.1, 0.15) is 39.4 Å². The van der Waals surface area contributed by atoms with Gasteiger partial charge in [0, 0.05) is 37.9 Å². The van der Waals surface area contributed by atoms with E-state index >= 15 is 0 Å². The first kappa shape index (κ1) is 20.9. The number of amides is 1. The number of carbonyl (C=O) groups excluding carboxylic acids is 1. The lowest BCUT2D eigenvalue weighted by molar-refractivity contribution is 0.0958. The van der Waals surface area contributed by atoms with Crippen LogP contribution >= 0.6 is 0 Å². The normalized spacial score (nSPS) is 15.7. The van der Waals surface area contributed by atoms with Gasteiger partial charge in [0.25, 0.3) is 11.5 Å². The number of aryl methyl sites for hydroxylation is 2. The molecule has 1 amide bonds. The maximum Gasteiger partial charge on any atom is 0.269 e. The Balaban J connectivity index is 1.51. The Bertz CT molecular complexity index is 1260. The monoisotopic (exact) mass is 421 g/mol. The fourth-order valence-electron chi connectivity index (χ4n) is 3.82. The number of H-pyrrole nitrogens is 1. The number of aromatic amines is 1. The zero-order valence-electron chi connectivity index (χ0n) is 17.8. The number of carbonyl (C=O) groups is 1. The molecule has 4 rings (SSSR count). The zero-order chi connectivity index (χ0) is 22.1. The second-order valence-corrected chi connectivity index (χ2v) is 7.80. The van der Waals surface area contributed by atoms with Gasteiger partial charge in [-0.2, -0.15) is 0 Å². The number of fused-ring (bicyclic) bond motifs is 1. The van der Waals surface area contributed by atoms with Crippen LogP contribution in [0.2, 0.25) is 0 Å². The number of hydrogen-bond donors (Lipinski definition) is 2. The third kappa shape index (κ3) is 4.25. The first-order valence-corrected chi connectivity index (χ1v) is 10.1. The molecular formula is C23H24FN5O2. The summed E-state index contributed by atoms with van der Waals surface area (Å²) in [5, 5.41) is 2.57. The molecule has 31 heavy (non-hydrogen) atoms. The van der Waals surface area contributed by atoms with Gasteiger partial charge in [-0.25, -0.2) is 14.4 Å². The molecular weight excluding hydrogens is 397 g/mol. The lowest BCUT2D eigenvalue weighted by atomic mass is 10.1. The number of benzene rings is 1. The van der Waals surface area contributed by atoms with Crippen molar-refractivity contribution in [2.24, 2.45) is 0 Å². The average Bonchev–Trinajstić information content (AvgIpc) is 3.19. The number of pyridine rings is 1. The average molecular weight is 421 g/mol. The highest BCUT2D eigenvalue weighted by Gasteiger charge is 2.20. The molecule has 1 aliphatic rings. The molecule has 0 radical (unpaired) electrons. The standard InChI is InChI=1S/C23H24FN5O2/c1-13-16(4-7-19(26-13)23(31)25-3)10-15-8-9-29(11-15)12-17-5-6-18-21(20(17)24)28-22(30)14(2)27-18/h4-7,10H,8-9,11-12H2,1-3H3,(H,25,31)(H,28,30)/b15-10+. The van der Waals surface area contributed by atoms with Gasteiger partial charge in [-0.3, -0.25) is 14.5 Å². The Morgan fingerprint density at radius 1 is 1.23 bits per heavy atom. The van der Waals surface area contributed by atoms with Crippen LogP contribution in [0.4, 0.5) is 4.39 Å². The van der Waals surface area contributed by atoms with Gasteiger partial charge in [-0.05, 0) is 38.0 Å². The molecule has 8 heteroatoms. The number of hydrogen-bond acceptors (Lipinski definition) is 5. The van der Waals surface area contributed by atoms with Crippen LogP contribution in [-0.2, 0) is 6.54 Å². The summed E-state index contributed by atoms with van der Waals surface area (Å²) in [4.78, 5) is 36.9. The SMILES string of the molecule is CNC(=O)c1ccc(/C=C2\CCN(Cc3ccc4nc(C)c(=O)[nH]c4c3F)C2)c(C)n1. The highest BCUT2D eigenvalue weighted by Crippen LogP contribution is 2.24. The van der Waals surface area contributed by atoms with Crippen LogP contribution in [0.25, 0.3) is 17.1 Å². The predicted octanol–water partition coefficient (Wildman–Crippen LogP) is 2.72. The minimum Gasteiger partial charge on any atom is -0.354 e. The van der Waals surface area contributed by atoms with Gasteiger partial charge in [-0.15, -0.1) is 0 Å². The number of nitrogens with one attached hydrogen (secondary N) is 2. The molecule has 0 spiro atoms. The van der Waals surface area contributed by atoms with Gasteiger partial charge in [0.05, 0.1) is 5.52 Å². The Kier molecular flexibility index (Phi) is 5.65. The van der Waals surface area contributed by atoms with Crippen molar-refractivity contribution in [1.82, 2.24) is 25.2 Å². The van der Waals surface area contributed by atoms with E-state index in [-0.39, 0.29) is 17.0 Å². The van der Waals surface area contributed by atoms with E-state index in [0.717, 1.165) is 30.8 Å². The third-order valence-electron chi connectivity index (χ3n) is 5.57. The van der Waals surface area contributed by atoms with E-state index in [1.165, 1.54) is 5.57 Å². The van der Waals surface area contributed by atoms with Gasteiger partial charge in [-0.1, -0.05) is 23.8 Å². The summed E-state index contributed by atoms with van der Waals surface area (Å²) >= 11 is 0. The molecule has 1 aromatic carbocycles. The summed E-state index contributed by atoms with van der Waals surface area (Å²) in [6.45, 7) is 5.46.